The molecule has 1 fully saturated rings. The number of oxazole rings is 1. The van der Waals surface area contributed by atoms with Crippen LogP contribution >= 0.6 is 15.9 Å². The number of rotatable bonds is 6. The molecular weight excluding hydrogens is 516 g/mol. The smallest absolute Gasteiger partial charge is 0.236 e. The summed E-state index contributed by atoms with van der Waals surface area (Å²) < 4.78 is 40.1. The third-order valence-electron chi connectivity index (χ3n) is 5.79. The van der Waals surface area contributed by atoms with E-state index in [0.29, 0.717) is 32.2 Å². The zero-order valence-corrected chi connectivity index (χ0v) is 20.7. The molecule has 0 atom stereocenters. The molecule has 0 spiro atoms. The summed E-state index contributed by atoms with van der Waals surface area (Å²) >= 11 is 3.37. The van der Waals surface area contributed by atoms with Crippen molar-refractivity contribution >= 4 is 31.7 Å². The Hall–Kier alpha value is -2.94. The molecule has 34 heavy (non-hydrogen) atoms. The fourth-order valence-electron chi connectivity index (χ4n) is 4.07. The van der Waals surface area contributed by atoms with Gasteiger partial charge in [-0.25, -0.2) is 8.42 Å². The van der Waals surface area contributed by atoms with Crippen molar-refractivity contribution in [2.45, 2.75) is 15.8 Å². The normalized spacial score (nSPS) is 14.5. The maximum Gasteiger partial charge on any atom is 0.236 e. The van der Waals surface area contributed by atoms with Gasteiger partial charge in [0.05, 0.1) is 24.0 Å². The number of ether oxygens (including phenoxy) is 1. The number of hydrogen-bond donors (Lipinski definition) is 0. The highest BCUT2D eigenvalue weighted by Gasteiger charge is 2.34. The number of halogens is 1. The van der Waals surface area contributed by atoms with E-state index in [1.54, 1.807) is 24.3 Å². The van der Waals surface area contributed by atoms with Gasteiger partial charge in [0.15, 0.2) is 0 Å². The molecule has 0 unspecified atom stereocenters. The van der Waals surface area contributed by atoms with Crippen molar-refractivity contribution in [2.24, 2.45) is 0 Å². The number of nitrogens with zero attached hydrogens (tertiary/aromatic N) is 2. The average Bonchev–Trinajstić information content (AvgIpc) is 3.32. The minimum absolute atomic E-state index is 0.0661. The zero-order chi connectivity index (χ0) is 23.5. The van der Waals surface area contributed by atoms with Crippen LogP contribution in [0, 0.1) is 0 Å². The second-order valence-electron chi connectivity index (χ2n) is 7.97. The average molecular weight is 539 g/mol. The summed E-state index contributed by atoms with van der Waals surface area (Å²) in [6, 6.07) is 26.3. The molecule has 1 aliphatic rings. The molecule has 1 saturated heterocycles. The van der Waals surface area contributed by atoms with Gasteiger partial charge in [0.1, 0.15) is 0 Å². The monoisotopic (exact) mass is 538 g/mol. The van der Waals surface area contributed by atoms with Gasteiger partial charge < -0.3 is 14.1 Å². The maximum atomic E-state index is 13.7. The van der Waals surface area contributed by atoms with E-state index in [4.69, 9.17) is 9.15 Å². The second kappa shape index (κ2) is 9.74. The van der Waals surface area contributed by atoms with Crippen LogP contribution in [0.4, 0.5) is 5.88 Å². The van der Waals surface area contributed by atoms with E-state index in [-0.39, 0.29) is 21.7 Å². The van der Waals surface area contributed by atoms with Crippen molar-refractivity contribution in [1.82, 2.24) is 4.98 Å². The first kappa shape index (κ1) is 22.8. The highest BCUT2D eigenvalue weighted by molar-refractivity contribution is 9.10. The summed E-state index contributed by atoms with van der Waals surface area (Å²) in [6.45, 7) is 2.04. The molecule has 5 rings (SSSR count). The third kappa shape index (κ3) is 4.53. The molecule has 0 bridgehead atoms. The minimum atomic E-state index is -3.92. The SMILES string of the molecule is O=S(=O)(c1ccc(Br)cc1)c1nc(C(c2ccccc2)c2ccccc2)oc1N1CCOCC1. The van der Waals surface area contributed by atoms with Gasteiger partial charge in [-0.1, -0.05) is 76.6 Å². The molecule has 1 aromatic heterocycles. The van der Waals surface area contributed by atoms with Gasteiger partial charge in [-0.05, 0) is 35.4 Å². The summed E-state index contributed by atoms with van der Waals surface area (Å²) in [7, 11) is -3.92. The van der Waals surface area contributed by atoms with Gasteiger partial charge in [-0.3, -0.25) is 0 Å². The van der Waals surface area contributed by atoms with Crippen molar-refractivity contribution in [3.05, 3.63) is 106 Å². The zero-order valence-electron chi connectivity index (χ0n) is 18.3. The largest absolute Gasteiger partial charge is 0.423 e. The molecule has 0 N–H and O–H groups in total. The molecule has 0 saturated carbocycles. The van der Waals surface area contributed by atoms with Gasteiger partial charge >= 0.3 is 0 Å². The van der Waals surface area contributed by atoms with Gasteiger partial charge in [0, 0.05) is 17.6 Å². The minimum Gasteiger partial charge on any atom is -0.423 e. The number of anilines is 1. The number of morpholine rings is 1. The Labute approximate surface area is 207 Å². The lowest BCUT2D eigenvalue weighted by Gasteiger charge is -2.26. The Balaban J connectivity index is 1.69. The Morgan fingerprint density at radius 1 is 0.824 bits per heavy atom. The third-order valence-corrected chi connectivity index (χ3v) is 7.98. The van der Waals surface area contributed by atoms with Crippen LogP contribution in [0.15, 0.2) is 104 Å². The summed E-state index contributed by atoms with van der Waals surface area (Å²) in [4.78, 5) is 6.73. The van der Waals surface area contributed by atoms with Gasteiger partial charge in [0.25, 0.3) is 0 Å². The van der Waals surface area contributed by atoms with E-state index < -0.39 is 9.84 Å². The Kier molecular flexibility index (Phi) is 6.54. The highest BCUT2D eigenvalue weighted by atomic mass is 79.9. The molecule has 0 radical (unpaired) electrons. The molecule has 1 aliphatic heterocycles. The summed E-state index contributed by atoms with van der Waals surface area (Å²) in [5.41, 5.74) is 1.94. The molecule has 0 amide bonds. The van der Waals surface area contributed by atoms with E-state index in [1.165, 1.54) is 0 Å². The van der Waals surface area contributed by atoms with Gasteiger partial charge in [0.2, 0.25) is 26.6 Å². The lowest BCUT2D eigenvalue weighted by Crippen LogP contribution is -2.36. The first-order valence-electron chi connectivity index (χ1n) is 11.0. The van der Waals surface area contributed by atoms with Crippen LogP contribution in [-0.4, -0.2) is 39.7 Å². The van der Waals surface area contributed by atoms with E-state index in [0.717, 1.165) is 15.6 Å². The Morgan fingerprint density at radius 3 is 1.94 bits per heavy atom. The molecule has 6 nitrogen and oxygen atoms in total. The van der Waals surface area contributed by atoms with E-state index >= 15 is 0 Å². The lowest BCUT2D eigenvalue weighted by molar-refractivity contribution is 0.120. The lowest BCUT2D eigenvalue weighted by atomic mass is 9.91. The van der Waals surface area contributed by atoms with E-state index in [9.17, 15) is 8.42 Å². The van der Waals surface area contributed by atoms with Crippen molar-refractivity contribution < 1.29 is 17.6 Å². The van der Waals surface area contributed by atoms with E-state index in [1.807, 2.05) is 65.6 Å². The molecule has 3 aromatic carbocycles. The summed E-state index contributed by atoms with van der Waals surface area (Å²) in [5.74, 6) is 0.253. The summed E-state index contributed by atoms with van der Waals surface area (Å²) in [5, 5.41) is -0.0661. The fraction of sp³-hybridized carbons (Fsp3) is 0.192. The first-order valence-corrected chi connectivity index (χ1v) is 13.3. The van der Waals surface area contributed by atoms with Crippen LogP contribution in [0.25, 0.3) is 0 Å². The van der Waals surface area contributed by atoms with Crippen molar-refractivity contribution in [2.75, 3.05) is 31.2 Å². The predicted molar refractivity (Wildman–Crippen MR) is 133 cm³/mol. The van der Waals surface area contributed by atoms with Crippen molar-refractivity contribution in [3.63, 3.8) is 0 Å². The topological polar surface area (TPSA) is 72.6 Å². The molecular formula is C26H23BrN2O4S. The van der Waals surface area contributed by atoms with Gasteiger partial charge in [-0.2, -0.15) is 4.98 Å². The van der Waals surface area contributed by atoms with Crippen LogP contribution in [0.2, 0.25) is 0 Å². The van der Waals surface area contributed by atoms with Crippen LogP contribution in [-0.2, 0) is 14.6 Å². The first-order chi connectivity index (χ1) is 16.5. The number of sulfone groups is 1. The molecule has 8 heteroatoms. The molecule has 174 valence electrons. The van der Waals surface area contributed by atoms with Crippen LogP contribution in [0.3, 0.4) is 0 Å². The highest BCUT2D eigenvalue weighted by Crippen LogP contribution is 2.38. The molecule has 4 aromatic rings. The van der Waals surface area contributed by atoms with Crippen LogP contribution in [0.5, 0.6) is 0 Å². The quantitative estimate of drug-likeness (QED) is 0.332. The van der Waals surface area contributed by atoms with Crippen LogP contribution in [0.1, 0.15) is 22.9 Å². The second-order valence-corrected chi connectivity index (χ2v) is 10.8. The molecule has 0 aliphatic carbocycles. The van der Waals surface area contributed by atoms with Crippen molar-refractivity contribution in [3.8, 4) is 0 Å². The standard InChI is InChI=1S/C26H23BrN2O4S/c27-21-11-13-22(14-12-21)34(30,31)25-26(29-15-17-32-18-16-29)33-24(28-25)23(19-7-3-1-4-8-19)20-9-5-2-6-10-20/h1-14,23H,15-18H2. The van der Waals surface area contributed by atoms with Crippen molar-refractivity contribution in [1.29, 1.82) is 0 Å². The number of benzene rings is 3. The fourth-order valence-corrected chi connectivity index (χ4v) is 5.66. The van der Waals surface area contributed by atoms with E-state index in [2.05, 4.69) is 20.9 Å². The van der Waals surface area contributed by atoms with Gasteiger partial charge in [-0.15, -0.1) is 0 Å². The number of hydrogen-bond acceptors (Lipinski definition) is 6. The Bertz CT molecular complexity index is 1310. The molecule has 2 heterocycles. The maximum absolute atomic E-state index is 13.7. The van der Waals surface area contributed by atoms with Crippen LogP contribution < -0.4 is 4.90 Å². The number of aromatic nitrogens is 1. The summed E-state index contributed by atoms with van der Waals surface area (Å²) in [6.07, 6.45) is 0. The predicted octanol–water partition coefficient (Wildman–Crippen LogP) is 5.29. The Morgan fingerprint density at radius 2 is 1.38 bits per heavy atom.